The summed E-state index contributed by atoms with van der Waals surface area (Å²) >= 11 is 0. The molecule has 1 N–H and O–H groups in total. The van der Waals surface area contributed by atoms with E-state index in [1.165, 1.54) is 6.20 Å². The summed E-state index contributed by atoms with van der Waals surface area (Å²) in [5, 5.41) is 13.1. The number of nitrogens with zero attached hydrogens (tertiary/aromatic N) is 3. The third-order valence-corrected chi connectivity index (χ3v) is 4.43. The average molecular weight is 307 g/mol. The Hall–Kier alpha value is -1.89. The van der Waals surface area contributed by atoms with Gasteiger partial charge in [0.2, 0.25) is 5.91 Å². The molecule has 0 spiro atoms. The van der Waals surface area contributed by atoms with E-state index in [0.717, 1.165) is 19.3 Å². The quantitative estimate of drug-likeness (QED) is 0.882. The lowest BCUT2D eigenvalue weighted by Crippen LogP contribution is -2.40. The van der Waals surface area contributed by atoms with Crippen LogP contribution in [0.25, 0.3) is 0 Å². The summed E-state index contributed by atoms with van der Waals surface area (Å²) in [7, 11) is 0. The fourth-order valence-corrected chi connectivity index (χ4v) is 3.06. The lowest BCUT2D eigenvalue weighted by molar-refractivity contribution is -0.134. The Kier molecular flexibility index (Phi) is 4.15. The molecule has 3 rings (SSSR count). The van der Waals surface area contributed by atoms with Crippen molar-refractivity contribution in [1.82, 2.24) is 14.7 Å². The molecule has 1 aromatic heterocycles. The average Bonchev–Trinajstić information content (AvgIpc) is 3.10. The molecule has 2 atom stereocenters. The minimum Gasteiger partial charge on any atom is -0.478 e. The Labute approximate surface area is 128 Å². The molecule has 0 bridgehead atoms. The summed E-state index contributed by atoms with van der Waals surface area (Å²) in [6, 6.07) is 0.166. The Morgan fingerprint density at radius 2 is 2.14 bits per heavy atom. The minimum absolute atomic E-state index is 0.0415. The van der Waals surface area contributed by atoms with Crippen molar-refractivity contribution in [3.63, 3.8) is 0 Å². The fraction of sp³-hybridized carbons (Fsp3) is 0.667. The van der Waals surface area contributed by atoms with Crippen molar-refractivity contribution in [2.24, 2.45) is 5.92 Å². The number of hydrogen-bond acceptors (Lipinski definition) is 4. The van der Waals surface area contributed by atoms with E-state index < -0.39 is 5.97 Å². The standard InChI is InChI=1S/C15H21N3O4/c1-2-22-13-7-12(13)14(19)17-5-3-11(4-6-17)18-9-10(8-16-18)15(20)21/h8-9,11-13H,2-7H2,1H3,(H,20,21)/t12-,13+/m1/s1. The predicted octanol–water partition coefficient (Wildman–Crippen LogP) is 1.17. The van der Waals surface area contributed by atoms with Crippen molar-refractivity contribution in [3.8, 4) is 0 Å². The van der Waals surface area contributed by atoms with E-state index in [0.29, 0.717) is 19.7 Å². The van der Waals surface area contributed by atoms with Crippen molar-refractivity contribution in [2.45, 2.75) is 38.3 Å². The molecule has 1 amide bonds. The summed E-state index contributed by atoms with van der Waals surface area (Å²) in [5.74, 6) is -0.724. The van der Waals surface area contributed by atoms with E-state index in [-0.39, 0.29) is 29.5 Å². The zero-order valence-electron chi connectivity index (χ0n) is 12.6. The molecule has 1 saturated heterocycles. The zero-order valence-corrected chi connectivity index (χ0v) is 12.6. The summed E-state index contributed by atoms with van der Waals surface area (Å²) in [4.78, 5) is 25.1. The molecule has 2 heterocycles. The molecule has 1 saturated carbocycles. The van der Waals surface area contributed by atoms with E-state index in [2.05, 4.69) is 5.10 Å². The van der Waals surface area contributed by atoms with Crippen LogP contribution in [0.4, 0.5) is 0 Å². The van der Waals surface area contributed by atoms with Gasteiger partial charge in [-0.1, -0.05) is 0 Å². The number of carbonyl (C=O) groups is 2. The minimum atomic E-state index is -0.963. The van der Waals surface area contributed by atoms with Gasteiger partial charge in [-0.15, -0.1) is 0 Å². The lowest BCUT2D eigenvalue weighted by atomic mass is 10.0. The number of carboxylic acid groups (broad SMARTS) is 1. The third kappa shape index (κ3) is 2.99. The lowest BCUT2D eigenvalue weighted by Gasteiger charge is -2.32. The van der Waals surface area contributed by atoms with Gasteiger partial charge in [0.15, 0.2) is 0 Å². The van der Waals surface area contributed by atoms with Crippen LogP contribution in [0.15, 0.2) is 12.4 Å². The van der Waals surface area contributed by atoms with Crippen molar-refractivity contribution in [2.75, 3.05) is 19.7 Å². The van der Waals surface area contributed by atoms with Gasteiger partial charge >= 0.3 is 5.97 Å². The highest BCUT2D eigenvalue weighted by molar-refractivity contribution is 5.86. The second kappa shape index (κ2) is 6.08. The van der Waals surface area contributed by atoms with E-state index in [4.69, 9.17) is 9.84 Å². The normalized spacial score (nSPS) is 25.2. The molecule has 1 aromatic rings. The summed E-state index contributed by atoms with van der Waals surface area (Å²) < 4.78 is 7.19. The first-order chi connectivity index (χ1) is 10.6. The largest absolute Gasteiger partial charge is 0.478 e. The molecule has 7 heteroatoms. The topological polar surface area (TPSA) is 84.7 Å². The van der Waals surface area contributed by atoms with Crippen LogP contribution in [-0.4, -0.2) is 57.5 Å². The van der Waals surface area contributed by atoms with Crippen LogP contribution in [0.3, 0.4) is 0 Å². The highest BCUT2D eigenvalue weighted by Gasteiger charge is 2.46. The highest BCUT2D eigenvalue weighted by atomic mass is 16.5. The van der Waals surface area contributed by atoms with Gasteiger partial charge < -0.3 is 14.7 Å². The van der Waals surface area contributed by atoms with Crippen LogP contribution in [-0.2, 0) is 9.53 Å². The first-order valence-electron chi connectivity index (χ1n) is 7.78. The molecular formula is C15H21N3O4. The van der Waals surface area contributed by atoms with Crippen LogP contribution in [0.1, 0.15) is 42.6 Å². The number of ether oxygens (including phenoxy) is 1. The molecule has 0 radical (unpaired) electrons. The molecule has 0 aromatic carbocycles. The molecule has 22 heavy (non-hydrogen) atoms. The van der Waals surface area contributed by atoms with Gasteiger partial charge in [0.1, 0.15) is 0 Å². The van der Waals surface area contributed by atoms with E-state index >= 15 is 0 Å². The van der Waals surface area contributed by atoms with Gasteiger partial charge in [-0.25, -0.2) is 4.79 Å². The Morgan fingerprint density at radius 1 is 1.41 bits per heavy atom. The third-order valence-electron chi connectivity index (χ3n) is 4.43. The van der Waals surface area contributed by atoms with Crippen molar-refractivity contribution < 1.29 is 19.4 Å². The first kappa shape index (κ1) is 15.0. The smallest absolute Gasteiger partial charge is 0.338 e. The van der Waals surface area contributed by atoms with E-state index in [9.17, 15) is 9.59 Å². The van der Waals surface area contributed by atoms with Gasteiger partial charge in [0.05, 0.1) is 29.8 Å². The van der Waals surface area contributed by atoms with Crippen molar-refractivity contribution in [3.05, 3.63) is 18.0 Å². The monoisotopic (exact) mass is 307 g/mol. The number of amides is 1. The molecule has 7 nitrogen and oxygen atoms in total. The van der Waals surface area contributed by atoms with Crippen molar-refractivity contribution in [1.29, 1.82) is 0 Å². The number of hydrogen-bond donors (Lipinski definition) is 1. The summed E-state index contributed by atoms with van der Waals surface area (Å²) in [5.41, 5.74) is 0.205. The predicted molar refractivity (Wildman–Crippen MR) is 77.6 cm³/mol. The molecule has 0 unspecified atom stereocenters. The fourth-order valence-electron chi connectivity index (χ4n) is 3.06. The number of rotatable bonds is 5. The van der Waals surface area contributed by atoms with Crippen LogP contribution in [0.5, 0.6) is 0 Å². The van der Waals surface area contributed by atoms with Gasteiger partial charge in [0, 0.05) is 25.9 Å². The number of aromatic nitrogens is 2. The van der Waals surface area contributed by atoms with Gasteiger partial charge in [-0.3, -0.25) is 9.48 Å². The highest BCUT2D eigenvalue weighted by Crippen LogP contribution is 2.36. The maximum atomic E-state index is 12.3. The maximum Gasteiger partial charge on any atom is 0.338 e. The van der Waals surface area contributed by atoms with Crippen molar-refractivity contribution >= 4 is 11.9 Å². The van der Waals surface area contributed by atoms with Crippen LogP contribution >= 0.6 is 0 Å². The Morgan fingerprint density at radius 3 is 2.73 bits per heavy atom. The molecule has 120 valence electrons. The van der Waals surface area contributed by atoms with Crippen LogP contribution in [0, 0.1) is 5.92 Å². The SMILES string of the molecule is CCO[C@H]1C[C@H]1C(=O)N1CCC(n2cc(C(=O)O)cn2)CC1. The van der Waals surface area contributed by atoms with Gasteiger partial charge in [-0.2, -0.15) is 5.10 Å². The Balaban J connectivity index is 1.52. The molecular weight excluding hydrogens is 286 g/mol. The zero-order chi connectivity index (χ0) is 15.7. The number of aromatic carboxylic acids is 1. The maximum absolute atomic E-state index is 12.3. The number of carbonyl (C=O) groups excluding carboxylic acids is 1. The summed E-state index contributed by atoms with van der Waals surface area (Å²) in [6.07, 6.45) is 5.50. The second-order valence-corrected chi connectivity index (χ2v) is 5.91. The second-order valence-electron chi connectivity index (χ2n) is 5.91. The number of carboxylic acids is 1. The number of likely N-dealkylation sites (tertiary alicyclic amines) is 1. The Bertz CT molecular complexity index is 563. The number of piperidine rings is 1. The molecule has 1 aliphatic carbocycles. The van der Waals surface area contributed by atoms with E-state index in [1.54, 1.807) is 10.9 Å². The van der Waals surface area contributed by atoms with Gasteiger partial charge in [-0.05, 0) is 26.2 Å². The molecule has 2 fully saturated rings. The molecule has 1 aliphatic heterocycles. The molecule has 2 aliphatic rings. The van der Waals surface area contributed by atoms with Gasteiger partial charge in [0.25, 0.3) is 0 Å². The van der Waals surface area contributed by atoms with E-state index in [1.807, 2.05) is 11.8 Å². The summed E-state index contributed by atoms with van der Waals surface area (Å²) in [6.45, 7) is 3.99. The van der Waals surface area contributed by atoms with Crippen LogP contribution in [0.2, 0.25) is 0 Å². The van der Waals surface area contributed by atoms with Crippen LogP contribution < -0.4 is 0 Å². The first-order valence-corrected chi connectivity index (χ1v) is 7.78.